The van der Waals surface area contributed by atoms with Gasteiger partial charge in [0.05, 0.1) is 0 Å². The van der Waals surface area contributed by atoms with Crippen molar-refractivity contribution in [2.75, 3.05) is 24.5 Å². The molecule has 3 atom stereocenters. The highest BCUT2D eigenvalue weighted by Gasteiger charge is 2.34. The van der Waals surface area contributed by atoms with E-state index in [0.717, 1.165) is 19.3 Å². The van der Waals surface area contributed by atoms with Crippen LogP contribution in [0.15, 0.2) is 18.2 Å². The van der Waals surface area contributed by atoms with Crippen LogP contribution in [0.1, 0.15) is 25.7 Å². The van der Waals surface area contributed by atoms with Crippen molar-refractivity contribution in [3.05, 3.63) is 29.8 Å². The molecule has 1 aliphatic heterocycles. The van der Waals surface area contributed by atoms with Crippen molar-refractivity contribution < 1.29 is 13.6 Å². The van der Waals surface area contributed by atoms with Crippen LogP contribution in [0.3, 0.4) is 0 Å². The van der Waals surface area contributed by atoms with Gasteiger partial charge in [0.2, 0.25) is 5.91 Å². The second kappa shape index (κ2) is 9.55. The van der Waals surface area contributed by atoms with Gasteiger partial charge in [-0.3, -0.25) is 4.79 Å². The molecule has 1 aliphatic carbocycles. The molecule has 2 fully saturated rings. The van der Waals surface area contributed by atoms with Gasteiger partial charge in [0.25, 0.3) is 0 Å². The maximum Gasteiger partial charge on any atom is 0.223 e. The summed E-state index contributed by atoms with van der Waals surface area (Å²) in [6, 6.07) is 3.81. The molecule has 1 aromatic rings. The first-order valence-electron chi connectivity index (χ1n) is 8.29. The zero-order valence-electron chi connectivity index (χ0n) is 13.9. The molecule has 1 aromatic carbocycles. The zero-order valence-corrected chi connectivity index (χ0v) is 15.6. The number of anilines is 1. The number of carbonyl (C=O) groups is 1. The van der Waals surface area contributed by atoms with E-state index in [1.807, 2.05) is 0 Å². The molecule has 0 spiro atoms. The van der Waals surface area contributed by atoms with Crippen LogP contribution in [-0.2, 0) is 4.79 Å². The highest BCUT2D eigenvalue weighted by molar-refractivity contribution is 5.85. The van der Waals surface area contributed by atoms with Gasteiger partial charge in [0.1, 0.15) is 17.3 Å². The molecular formula is C17H25Cl2F2N3O. The van der Waals surface area contributed by atoms with E-state index in [4.69, 9.17) is 5.73 Å². The summed E-state index contributed by atoms with van der Waals surface area (Å²) in [5.74, 6) is -0.832. The predicted octanol–water partition coefficient (Wildman–Crippen LogP) is 2.88. The van der Waals surface area contributed by atoms with Crippen molar-refractivity contribution in [1.29, 1.82) is 0 Å². The summed E-state index contributed by atoms with van der Waals surface area (Å²) < 4.78 is 27.7. The average Bonchev–Trinajstić information content (AvgIpc) is 3.16. The molecule has 1 saturated heterocycles. The smallest absolute Gasteiger partial charge is 0.223 e. The van der Waals surface area contributed by atoms with Crippen LogP contribution < -0.4 is 16.0 Å². The Hall–Kier alpha value is -1.11. The van der Waals surface area contributed by atoms with E-state index >= 15 is 0 Å². The summed E-state index contributed by atoms with van der Waals surface area (Å²) in [5.41, 5.74) is 5.73. The number of hydrogen-bond acceptors (Lipinski definition) is 3. The number of halogens is 4. The number of nitrogens with one attached hydrogen (secondary N) is 1. The molecule has 0 radical (unpaired) electrons. The molecule has 0 aromatic heterocycles. The third-order valence-electron chi connectivity index (χ3n) is 5.09. The quantitative estimate of drug-likeness (QED) is 0.823. The third-order valence-corrected chi connectivity index (χ3v) is 5.09. The fraction of sp³-hybridized carbons (Fsp3) is 0.588. The van der Waals surface area contributed by atoms with E-state index in [9.17, 15) is 13.6 Å². The number of amides is 1. The summed E-state index contributed by atoms with van der Waals surface area (Å²) in [6.45, 7) is 1.51. The molecular weight excluding hydrogens is 371 g/mol. The van der Waals surface area contributed by atoms with Crippen molar-refractivity contribution in [3.8, 4) is 0 Å². The predicted molar refractivity (Wildman–Crippen MR) is 99.5 cm³/mol. The van der Waals surface area contributed by atoms with E-state index in [2.05, 4.69) is 5.32 Å². The average molecular weight is 396 g/mol. The SMILES string of the molecule is Cl.Cl.NC[C@H]1CCC[C@H]1C(=O)NC1CCN(c2c(F)cccc2F)C1. The summed E-state index contributed by atoms with van der Waals surface area (Å²) in [7, 11) is 0. The Morgan fingerprint density at radius 2 is 1.88 bits per heavy atom. The van der Waals surface area contributed by atoms with E-state index in [-0.39, 0.29) is 54.3 Å². The van der Waals surface area contributed by atoms with Crippen LogP contribution in [0.4, 0.5) is 14.5 Å². The Morgan fingerprint density at radius 3 is 2.52 bits per heavy atom. The van der Waals surface area contributed by atoms with Crippen molar-refractivity contribution in [2.24, 2.45) is 17.6 Å². The number of rotatable bonds is 4. The third kappa shape index (κ3) is 4.74. The topological polar surface area (TPSA) is 58.4 Å². The van der Waals surface area contributed by atoms with E-state index in [1.165, 1.54) is 18.2 Å². The van der Waals surface area contributed by atoms with Crippen LogP contribution >= 0.6 is 24.8 Å². The van der Waals surface area contributed by atoms with Crippen molar-refractivity contribution in [1.82, 2.24) is 5.32 Å². The number of nitrogens with zero attached hydrogens (tertiary/aromatic N) is 1. The molecule has 4 nitrogen and oxygen atoms in total. The Balaban J connectivity index is 0.00000156. The number of hydrogen-bond donors (Lipinski definition) is 2. The van der Waals surface area contributed by atoms with Crippen LogP contribution in [0, 0.1) is 23.5 Å². The monoisotopic (exact) mass is 395 g/mol. The summed E-state index contributed by atoms with van der Waals surface area (Å²) in [6.07, 6.45) is 3.62. The molecule has 2 aliphatic rings. The molecule has 142 valence electrons. The highest BCUT2D eigenvalue weighted by Crippen LogP contribution is 2.32. The first kappa shape index (κ1) is 21.9. The zero-order chi connectivity index (χ0) is 16.4. The maximum atomic E-state index is 13.9. The fourth-order valence-electron chi connectivity index (χ4n) is 3.84. The minimum Gasteiger partial charge on any atom is -0.365 e. The van der Waals surface area contributed by atoms with Crippen LogP contribution in [-0.4, -0.2) is 31.6 Å². The lowest BCUT2D eigenvalue weighted by atomic mass is 9.95. The fourth-order valence-corrected chi connectivity index (χ4v) is 3.84. The minimum absolute atomic E-state index is 0. The normalized spacial score (nSPS) is 25.2. The van der Waals surface area contributed by atoms with Gasteiger partial charge in [-0.25, -0.2) is 8.78 Å². The second-order valence-corrected chi connectivity index (χ2v) is 6.54. The van der Waals surface area contributed by atoms with Crippen LogP contribution in [0.2, 0.25) is 0 Å². The first-order chi connectivity index (χ1) is 11.1. The van der Waals surface area contributed by atoms with Gasteiger partial charge in [-0.2, -0.15) is 0 Å². The standard InChI is InChI=1S/C17H23F2N3O.2ClH/c18-14-5-2-6-15(19)16(14)22-8-7-12(10-22)21-17(23)13-4-1-3-11(13)9-20;;/h2,5-6,11-13H,1,3-4,7-10,20H2,(H,21,23);2*1H/t11-,12?,13-;;/m1../s1. The number of para-hydroxylation sites is 1. The van der Waals surface area contributed by atoms with Gasteiger partial charge in [-0.05, 0) is 43.9 Å². The van der Waals surface area contributed by atoms with Gasteiger partial charge in [-0.15, -0.1) is 24.8 Å². The Morgan fingerprint density at radius 1 is 1.20 bits per heavy atom. The van der Waals surface area contributed by atoms with Gasteiger partial charge >= 0.3 is 0 Å². The molecule has 1 heterocycles. The van der Waals surface area contributed by atoms with Crippen molar-refractivity contribution >= 4 is 36.4 Å². The van der Waals surface area contributed by atoms with Gasteiger partial charge in [-0.1, -0.05) is 12.5 Å². The number of carbonyl (C=O) groups excluding carboxylic acids is 1. The van der Waals surface area contributed by atoms with E-state index in [0.29, 0.717) is 26.1 Å². The minimum atomic E-state index is -0.559. The molecule has 8 heteroatoms. The molecule has 1 amide bonds. The van der Waals surface area contributed by atoms with Crippen LogP contribution in [0.25, 0.3) is 0 Å². The van der Waals surface area contributed by atoms with Crippen molar-refractivity contribution in [2.45, 2.75) is 31.7 Å². The lowest BCUT2D eigenvalue weighted by Gasteiger charge is -2.22. The molecule has 1 saturated carbocycles. The molecule has 0 bridgehead atoms. The van der Waals surface area contributed by atoms with Gasteiger partial charge < -0.3 is 16.0 Å². The molecule has 25 heavy (non-hydrogen) atoms. The Kier molecular flexibility index (Phi) is 8.38. The van der Waals surface area contributed by atoms with E-state index < -0.39 is 11.6 Å². The largest absolute Gasteiger partial charge is 0.365 e. The highest BCUT2D eigenvalue weighted by atomic mass is 35.5. The molecule has 3 rings (SSSR count). The lowest BCUT2D eigenvalue weighted by Crippen LogP contribution is -2.42. The van der Waals surface area contributed by atoms with Crippen LogP contribution in [0.5, 0.6) is 0 Å². The summed E-state index contributed by atoms with van der Waals surface area (Å²) >= 11 is 0. The molecule has 3 N–H and O–H groups in total. The Labute approximate surface area is 159 Å². The first-order valence-corrected chi connectivity index (χ1v) is 8.29. The second-order valence-electron chi connectivity index (χ2n) is 6.54. The number of nitrogens with two attached hydrogens (primary N) is 1. The lowest BCUT2D eigenvalue weighted by molar-refractivity contribution is -0.126. The maximum absolute atomic E-state index is 13.9. The molecule has 1 unspecified atom stereocenters. The summed E-state index contributed by atoms with van der Waals surface area (Å²) in [4.78, 5) is 14.1. The van der Waals surface area contributed by atoms with Gasteiger partial charge in [0, 0.05) is 25.0 Å². The Bertz CT molecular complexity index is 571. The summed E-state index contributed by atoms with van der Waals surface area (Å²) in [5, 5.41) is 3.04. The number of benzene rings is 1. The van der Waals surface area contributed by atoms with Crippen molar-refractivity contribution in [3.63, 3.8) is 0 Å². The van der Waals surface area contributed by atoms with E-state index in [1.54, 1.807) is 4.90 Å². The van der Waals surface area contributed by atoms with Gasteiger partial charge in [0.15, 0.2) is 0 Å².